The van der Waals surface area contributed by atoms with E-state index in [1.54, 1.807) is 6.08 Å². The van der Waals surface area contributed by atoms with Gasteiger partial charge in [-0.15, -0.1) is 0 Å². The summed E-state index contributed by atoms with van der Waals surface area (Å²) in [6.07, 6.45) is 112. The smallest absolute Gasteiger partial charge is 0.305 e. The molecular formula is C89H171NO5. The summed E-state index contributed by atoms with van der Waals surface area (Å²) in [7, 11) is 0. The Morgan fingerprint density at radius 1 is 0.295 bits per heavy atom. The van der Waals surface area contributed by atoms with Crippen molar-refractivity contribution in [2.75, 3.05) is 13.2 Å². The van der Waals surface area contributed by atoms with Crippen LogP contribution in [0, 0.1) is 0 Å². The van der Waals surface area contributed by atoms with Crippen LogP contribution in [0.2, 0.25) is 0 Å². The van der Waals surface area contributed by atoms with Crippen LogP contribution in [-0.2, 0) is 14.3 Å². The molecule has 2 atom stereocenters. The van der Waals surface area contributed by atoms with Crippen LogP contribution >= 0.6 is 0 Å². The number of esters is 1. The Bertz CT molecular complexity index is 1540. The molecule has 562 valence electrons. The van der Waals surface area contributed by atoms with E-state index in [0.717, 1.165) is 44.9 Å². The van der Waals surface area contributed by atoms with Gasteiger partial charge in [0.1, 0.15) is 0 Å². The van der Waals surface area contributed by atoms with Crippen molar-refractivity contribution < 1.29 is 24.5 Å². The van der Waals surface area contributed by atoms with Gasteiger partial charge in [0.2, 0.25) is 5.91 Å². The number of allylic oxidation sites excluding steroid dienone is 5. The fourth-order valence-corrected chi connectivity index (χ4v) is 14.0. The molecule has 0 saturated carbocycles. The number of carbonyl (C=O) groups excluding carboxylic acids is 2. The summed E-state index contributed by atoms with van der Waals surface area (Å²) in [5.74, 6) is -0.0357. The van der Waals surface area contributed by atoms with E-state index in [0.29, 0.717) is 19.4 Å². The summed E-state index contributed by atoms with van der Waals surface area (Å²) < 4.78 is 5.52. The lowest BCUT2D eigenvalue weighted by Gasteiger charge is -2.20. The van der Waals surface area contributed by atoms with Gasteiger partial charge in [-0.2, -0.15) is 0 Å². The summed E-state index contributed by atoms with van der Waals surface area (Å²) in [4.78, 5) is 24.7. The van der Waals surface area contributed by atoms with E-state index in [9.17, 15) is 19.8 Å². The number of rotatable bonds is 83. The van der Waals surface area contributed by atoms with Gasteiger partial charge in [0, 0.05) is 12.8 Å². The van der Waals surface area contributed by atoms with E-state index in [-0.39, 0.29) is 18.5 Å². The second-order valence-corrected chi connectivity index (χ2v) is 30.2. The third kappa shape index (κ3) is 80.9. The van der Waals surface area contributed by atoms with E-state index in [1.807, 2.05) is 6.08 Å². The van der Waals surface area contributed by atoms with Crippen molar-refractivity contribution in [3.05, 3.63) is 36.5 Å². The Morgan fingerprint density at radius 2 is 0.526 bits per heavy atom. The molecule has 0 bridgehead atoms. The number of carbonyl (C=O) groups is 2. The SMILES string of the molecule is CCCCCCCCCCCCCCCCCCCCCC/C=C/C(O)C(CO)NC(=O)CCCCCCCCCCCCCCCCCCC/C=C\C/C=C\CCCCCCCCCCCCCCCOC(=O)CCCCCCCCCCCCCCCCCCCCC. The van der Waals surface area contributed by atoms with Crippen LogP contribution in [-0.4, -0.2) is 47.4 Å². The first kappa shape index (κ1) is 93.1. The second-order valence-electron chi connectivity index (χ2n) is 30.2. The van der Waals surface area contributed by atoms with Gasteiger partial charge in [0.15, 0.2) is 0 Å². The van der Waals surface area contributed by atoms with Crippen molar-refractivity contribution >= 4 is 11.9 Å². The van der Waals surface area contributed by atoms with Gasteiger partial charge in [-0.05, 0) is 64.2 Å². The predicted molar refractivity (Wildman–Crippen MR) is 421 cm³/mol. The Labute approximate surface area is 595 Å². The molecule has 0 fully saturated rings. The quantitative estimate of drug-likeness (QED) is 0.0320. The van der Waals surface area contributed by atoms with E-state index in [2.05, 4.69) is 43.5 Å². The highest BCUT2D eigenvalue weighted by molar-refractivity contribution is 5.76. The topological polar surface area (TPSA) is 95.9 Å². The van der Waals surface area contributed by atoms with Crippen LogP contribution in [0.15, 0.2) is 36.5 Å². The number of aliphatic hydroxyl groups excluding tert-OH is 2. The summed E-state index contributed by atoms with van der Waals surface area (Å²) >= 11 is 0. The second kappa shape index (κ2) is 84.5. The first-order chi connectivity index (χ1) is 47.0. The van der Waals surface area contributed by atoms with Crippen molar-refractivity contribution in [3.63, 3.8) is 0 Å². The minimum atomic E-state index is -0.844. The molecule has 0 aromatic carbocycles. The number of unbranched alkanes of at least 4 members (excludes halogenated alkanes) is 68. The number of aliphatic hydroxyl groups is 2. The van der Waals surface area contributed by atoms with Gasteiger partial charge in [0.05, 0.1) is 25.4 Å². The first-order valence-electron chi connectivity index (χ1n) is 43.8. The van der Waals surface area contributed by atoms with Crippen LogP contribution in [0.3, 0.4) is 0 Å². The summed E-state index contributed by atoms with van der Waals surface area (Å²) in [6, 6.07) is -0.627. The molecule has 0 saturated heterocycles. The first-order valence-corrected chi connectivity index (χ1v) is 43.8. The lowest BCUT2D eigenvalue weighted by atomic mass is 10.0. The van der Waals surface area contributed by atoms with Gasteiger partial charge in [-0.25, -0.2) is 0 Å². The summed E-state index contributed by atoms with van der Waals surface area (Å²) in [6.45, 7) is 4.97. The van der Waals surface area contributed by atoms with Gasteiger partial charge in [-0.3, -0.25) is 9.59 Å². The average Bonchev–Trinajstić information content (AvgIpc) is 2.94. The normalized spacial score (nSPS) is 12.6. The summed E-state index contributed by atoms with van der Waals surface area (Å²) in [5, 5.41) is 23.3. The highest BCUT2D eigenvalue weighted by Crippen LogP contribution is 2.21. The maximum atomic E-state index is 12.6. The van der Waals surface area contributed by atoms with Crippen LogP contribution in [0.4, 0.5) is 0 Å². The molecule has 0 aliphatic heterocycles. The Morgan fingerprint density at radius 3 is 0.800 bits per heavy atom. The third-order valence-electron chi connectivity index (χ3n) is 20.7. The molecule has 6 heteroatoms. The Balaban J connectivity index is 3.37. The molecule has 95 heavy (non-hydrogen) atoms. The largest absolute Gasteiger partial charge is 0.466 e. The van der Waals surface area contributed by atoms with E-state index >= 15 is 0 Å². The van der Waals surface area contributed by atoms with Gasteiger partial charge >= 0.3 is 5.97 Å². The molecule has 6 nitrogen and oxygen atoms in total. The number of hydrogen-bond acceptors (Lipinski definition) is 5. The van der Waals surface area contributed by atoms with E-state index < -0.39 is 12.1 Å². The monoisotopic (exact) mass is 1330 g/mol. The molecular weight excluding hydrogens is 1160 g/mol. The highest BCUT2D eigenvalue weighted by atomic mass is 16.5. The maximum Gasteiger partial charge on any atom is 0.305 e. The van der Waals surface area contributed by atoms with E-state index in [4.69, 9.17) is 4.74 Å². The van der Waals surface area contributed by atoms with Gasteiger partial charge in [0.25, 0.3) is 0 Å². The molecule has 1 amide bonds. The zero-order valence-electron chi connectivity index (χ0n) is 64.7. The van der Waals surface area contributed by atoms with E-state index in [1.165, 1.54) is 424 Å². The fraction of sp³-hybridized carbons (Fsp3) is 0.910. The van der Waals surface area contributed by atoms with Crippen LogP contribution in [0.1, 0.15) is 495 Å². The zero-order chi connectivity index (χ0) is 68.4. The average molecular weight is 1340 g/mol. The molecule has 0 spiro atoms. The lowest BCUT2D eigenvalue weighted by molar-refractivity contribution is -0.143. The van der Waals surface area contributed by atoms with Crippen LogP contribution in [0.25, 0.3) is 0 Å². The molecule has 0 radical (unpaired) electrons. The van der Waals surface area contributed by atoms with Crippen LogP contribution in [0.5, 0.6) is 0 Å². The molecule has 2 unspecified atom stereocenters. The van der Waals surface area contributed by atoms with Crippen molar-refractivity contribution in [2.24, 2.45) is 0 Å². The number of hydrogen-bond donors (Lipinski definition) is 3. The highest BCUT2D eigenvalue weighted by Gasteiger charge is 2.18. The summed E-state index contributed by atoms with van der Waals surface area (Å²) in [5.41, 5.74) is 0. The molecule has 0 rings (SSSR count). The predicted octanol–water partition coefficient (Wildman–Crippen LogP) is 29.3. The Hall–Kier alpha value is -1.92. The maximum absolute atomic E-state index is 12.6. The molecule has 0 aromatic heterocycles. The van der Waals surface area contributed by atoms with Crippen molar-refractivity contribution in [2.45, 2.75) is 508 Å². The van der Waals surface area contributed by atoms with Gasteiger partial charge in [-0.1, -0.05) is 455 Å². The van der Waals surface area contributed by atoms with Crippen molar-refractivity contribution in [1.82, 2.24) is 5.32 Å². The standard InChI is InChI=1S/C89H171NO5/c1-3-5-7-9-11-13-15-17-19-21-23-24-42-46-49-53-57-61-65-69-73-77-81-87(92)86(85-91)90-88(93)82-78-74-70-66-62-58-54-50-47-43-40-38-36-34-32-30-28-26-25-27-29-31-33-35-37-39-41-44-48-52-56-60-64-68-72-76-80-84-95-89(94)83-79-75-71-67-63-59-55-51-45-22-20-18-16-14-12-10-8-6-4-2/h25,27,31,33,77,81,86-87,91-92H,3-24,26,28-30,32,34-76,78-80,82-85H2,1-2H3,(H,90,93)/b27-25-,33-31-,81-77+. The molecule has 3 N–H and O–H groups in total. The number of nitrogens with one attached hydrogen (secondary N) is 1. The number of ether oxygens (including phenoxy) is 1. The van der Waals surface area contributed by atoms with Crippen molar-refractivity contribution in [1.29, 1.82) is 0 Å². The third-order valence-corrected chi connectivity index (χ3v) is 20.7. The minimum Gasteiger partial charge on any atom is -0.466 e. The molecule has 0 aliphatic carbocycles. The fourth-order valence-electron chi connectivity index (χ4n) is 14.0. The molecule has 0 aromatic rings. The van der Waals surface area contributed by atoms with Crippen LogP contribution < -0.4 is 5.32 Å². The number of amides is 1. The Kier molecular flexibility index (Phi) is 82.8. The molecule has 0 aliphatic rings. The van der Waals surface area contributed by atoms with Crippen molar-refractivity contribution in [3.8, 4) is 0 Å². The molecule has 0 heterocycles. The lowest BCUT2D eigenvalue weighted by Crippen LogP contribution is -2.45. The van der Waals surface area contributed by atoms with Gasteiger partial charge < -0.3 is 20.3 Å². The zero-order valence-corrected chi connectivity index (χ0v) is 64.7. The minimum absolute atomic E-state index is 0.0244.